The molecule has 118 valence electrons. The molecule has 1 aromatic heterocycles. The summed E-state index contributed by atoms with van der Waals surface area (Å²) in [4.78, 5) is 2.44. The maximum Gasteiger partial charge on any atom is 0.208 e. The first kappa shape index (κ1) is 15.0. The Morgan fingerprint density at radius 1 is 1.43 bits per heavy atom. The monoisotopic (exact) mass is 314 g/mol. The zero-order chi connectivity index (χ0) is 14.9. The quantitative estimate of drug-likeness (QED) is 0.844. The van der Waals surface area contributed by atoms with Crippen LogP contribution < -0.4 is 4.72 Å². The third kappa shape index (κ3) is 3.63. The number of hydrogen-bond acceptors (Lipinski definition) is 5. The Bertz CT molecular complexity index is 580. The molecule has 1 atom stereocenters. The van der Waals surface area contributed by atoms with E-state index in [0.717, 1.165) is 44.8 Å². The first-order valence-corrected chi connectivity index (χ1v) is 9.21. The highest BCUT2D eigenvalue weighted by molar-refractivity contribution is 7.88. The average molecular weight is 314 g/mol. The van der Waals surface area contributed by atoms with Crippen LogP contribution in [0.3, 0.4) is 0 Å². The number of aromatic nitrogens is 2. The molecule has 0 aromatic carbocycles. The Morgan fingerprint density at radius 3 is 2.90 bits per heavy atom. The minimum Gasteiger partial charge on any atom is -0.381 e. The highest BCUT2D eigenvalue weighted by Gasteiger charge is 2.31. The summed E-state index contributed by atoms with van der Waals surface area (Å²) in [7, 11) is -3.18. The summed E-state index contributed by atoms with van der Waals surface area (Å²) in [5.74, 6) is 0. The Kier molecular flexibility index (Phi) is 4.30. The van der Waals surface area contributed by atoms with Gasteiger partial charge in [0.2, 0.25) is 10.0 Å². The fourth-order valence-corrected chi connectivity index (χ4v) is 3.64. The zero-order valence-electron chi connectivity index (χ0n) is 12.2. The molecular formula is C13H22N4O3S. The molecule has 1 aromatic rings. The standard InChI is InChI=1S/C13H22N4O3S/c1-21(18,19)15-8-13-10-16(11-3-6-20-7-4-11)9-12-2-5-14-17(12)13/h2,5,11,13,15H,3-4,6-10H2,1H3/t13-/m1/s1. The lowest BCUT2D eigenvalue weighted by atomic mass is 10.0. The van der Waals surface area contributed by atoms with E-state index < -0.39 is 10.0 Å². The summed E-state index contributed by atoms with van der Waals surface area (Å²) in [6, 6.07) is 2.57. The number of sulfonamides is 1. The smallest absolute Gasteiger partial charge is 0.208 e. The molecule has 0 bridgehead atoms. The topological polar surface area (TPSA) is 76.5 Å². The van der Waals surface area contributed by atoms with Gasteiger partial charge < -0.3 is 4.74 Å². The molecular weight excluding hydrogens is 292 g/mol. The highest BCUT2D eigenvalue weighted by atomic mass is 32.2. The lowest BCUT2D eigenvalue weighted by molar-refractivity contribution is 0.0170. The Morgan fingerprint density at radius 2 is 2.19 bits per heavy atom. The molecule has 0 spiro atoms. The second-order valence-electron chi connectivity index (χ2n) is 5.81. The molecule has 1 fully saturated rings. The van der Waals surface area contributed by atoms with Gasteiger partial charge >= 0.3 is 0 Å². The van der Waals surface area contributed by atoms with Crippen LogP contribution >= 0.6 is 0 Å². The Balaban J connectivity index is 1.73. The van der Waals surface area contributed by atoms with Crippen LogP contribution in [0, 0.1) is 0 Å². The maximum atomic E-state index is 11.3. The first-order valence-electron chi connectivity index (χ1n) is 7.32. The Hall–Kier alpha value is -0.960. The second kappa shape index (κ2) is 6.04. The van der Waals surface area contributed by atoms with E-state index in [2.05, 4.69) is 14.7 Å². The molecule has 0 saturated carbocycles. The molecule has 8 heteroatoms. The van der Waals surface area contributed by atoms with Crippen molar-refractivity contribution >= 4 is 10.0 Å². The van der Waals surface area contributed by atoms with Crippen molar-refractivity contribution in [3.8, 4) is 0 Å². The van der Waals surface area contributed by atoms with Gasteiger partial charge in [-0.2, -0.15) is 5.10 Å². The van der Waals surface area contributed by atoms with Gasteiger partial charge in [-0.3, -0.25) is 9.58 Å². The average Bonchev–Trinajstić information content (AvgIpc) is 2.93. The van der Waals surface area contributed by atoms with Crippen LogP contribution in [0.5, 0.6) is 0 Å². The molecule has 0 radical (unpaired) electrons. The van der Waals surface area contributed by atoms with E-state index in [-0.39, 0.29) is 6.04 Å². The summed E-state index contributed by atoms with van der Waals surface area (Å²) in [6.07, 6.45) is 5.06. The van der Waals surface area contributed by atoms with Gasteiger partial charge in [0.15, 0.2) is 0 Å². The van der Waals surface area contributed by atoms with Crippen molar-refractivity contribution in [1.82, 2.24) is 19.4 Å². The number of nitrogens with one attached hydrogen (secondary N) is 1. The van der Waals surface area contributed by atoms with Crippen LogP contribution in [0.4, 0.5) is 0 Å². The highest BCUT2D eigenvalue weighted by Crippen LogP contribution is 2.25. The van der Waals surface area contributed by atoms with Crippen LogP contribution in [0.1, 0.15) is 24.6 Å². The maximum absolute atomic E-state index is 11.3. The van der Waals surface area contributed by atoms with Crippen molar-refractivity contribution in [2.45, 2.75) is 31.5 Å². The third-order valence-electron chi connectivity index (χ3n) is 4.20. The number of rotatable bonds is 4. The molecule has 0 unspecified atom stereocenters. The number of nitrogens with zero attached hydrogens (tertiary/aromatic N) is 3. The summed E-state index contributed by atoms with van der Waals surface area (Å²) >= 11 is 0. The van der Waals surface area contributed by atoms with Gasteiger partial charge in [-0.05, 0) is 18.9 Å². The second-order valence-corrected chi connectivity index (χ2v) is 7.65. The molecule has 1 N–H and O–H groups in total. The molecule has 2 aliphatic rings. The molecule has 7 nitrogen and oxygen atoms in total. The van der Waals surface area contributed by atoms with Crippen molar-refractivity contribution in [2.24, 2.45) is 0 Å². The summed E-state index contributed by atoms with van der Waals surface area (Å²) in [5.41, 5.74) is 1.15. The summed E-state index contributed by atoms with van der Waals surface area (Å²) in [6.45, 7) is 3.70. The molecule has 21 heavy (non-hydrogen) atoms. The minimum absolute atomic E-state index is 0.0429. The van der Waals surface area contributed by atoms with Crippen LogP contribution in [0.25, 0.3) is 0 Å². The van der Waals surface area contributed by atoms with E-state index in [0.29, 0.717) is 12.6 Å². The van der Waals surface area contributed by atoms with Crippen molar-refractivity contribution < 1.29 is 13.2 Å². The number of fused-ring (bicyclic) bond motifs is 1. The molecule has 2 aliphatic heterocycles. The molecule has 1 saturated heterocycles. The fourth-order valence-electron chi connectivity index (χ4n) is 3.14. The van der Waals surface area contributed by atoms with Crippen LogP contribution in [-0.4, -0.2) is 61.7 Å². The van der Waals surface area contributed by atoms with E-state index in [1.807, 2.05) is 10.7 Å². The lowest BCUT2D eigenvalue weighted by Crippen LogP contribution is -2.48. The largest absolute Gasteiger partial charge is 0.381 e. The fraction of sp³-hybridized carbons (Fsp3) is 0.769. The van der Waals surface area contributed by atoms with Crippen LogP contribution in [0.15, 0.2) is 12.3 Å². The van der Waals surface area contributed by atoms with Crippen molar-refractivity contribution in [2.75, 3.05) is 32.6 Å². The summed E-state index contributed by atoms with van der Waals surface area (Å²) < 4.78 is 32.7. The first-order chi connectivity index (χ1) is 10.0. The predicted molar refractivity (Wildman–Crippen MR) is 78.4 cm³/mol. The lowest BCUT2D eigenvalue weighted by Gasteiger charge is -2.40. The van der Waals surface area contributed by atoms with Crippen LogP contribution in [-0.2, 0) is 21.3 Å². The van der Waals surface area contributed by atoms with Gasteiger partial charge in [0.25, 0.3) is 0 Å². The van der Waals surface area contributed by atoms with Gasteiger partial charge in [0, 0.05) is 45.1 Å². The van der Waals surface area contributed by atoms with Gasteiger partial charge in [0.1, 0.15) is 0 Å². The molecule has 0 aliphatic carbocycles. The van der Waals surface area contributed by atoms with Crippen molar-refractivity contribution in [3.05, 3.63) is 18.0 Å². The van der Waals surface area contributed by atoms with E-state index in [9.17, 15) is 8.42 Å². The zero-order valence-corrected chi connectivity index (χ0v) is 13.1. The van der Waals surface area contributed by atoms with Gasteiger partial charge in [0.05, 0.1) is 18.0 Å². The van der Waals surface area contributed by atoms with Gasteiger partial charge in [-0.25, -0.2) is 13.1 Å². The number of hydrogen-bond donors (Lipinski definition) is 1. The predicted octanol–water partition coefficient (Wildman–Crippen LogP) is -0.0320. The Labute approximate surface area is 125 Å². The van der Waals surface area contributed by atoms with E-state index in [1.54, 1.807) is 6.20 Å². The molecule has 3 rings (SSSR count). The molecule has 3 heterocycles. The van der Waals surface area contributed by atoms with E-state index in [4.69, 9.17) is 4.74 Å². The SMILES string of the molecule is CS(=O)(=O)NC[C@@H]1CN(C2CCOCC2)Cc2ccnn21. The van der Waals surface area contributed by atoms with Crippen molar-refractivity contribution in [1.29, 1.82) is 0 Å². The minimum atomic E-state index is -3.18. The van der Waals surface area contributed by atoms with Gasteiger partial charge in [-0.1, -0.05) is 0 Å². The van der Waals surface area contributed by atoms with Crippen molar-refractivity contribution in [3.63, 3.8) is 0 Å². The summed E-state index contributed by atoms with van der Waals surface area (Å²) in [5, 5.41) is 4.35. The number of ether oxygens (including phenoxy) is 1. The van der Waals surface area contributed by atoms with Gasteiger partial charge in [-0.15, -0.1) is 0 Å². The van der Waals surface area contributed by atoms with E-state index in [1.165, 1.54) is 6.26 Å². The molecule has 0 amide bonds. The van der Waals surface area contributed by atoms with E-state index >= 15 is 0 Å². The third-order valence-corrected chi connectivity index (χ3v) is 4.89. The van der Waals surface area contributed by atoms with Crippen LogP contribution in [0.2, 0.25) is 0 Å². The normalized spacial score (nSPS) is 24.9.